The van der Waals surface area contributed by atoms with Crippen LogP contribution >= 0.6 is 0 Å². The lowest BCUT2D eigenvalue weighted by Gasteiger charge is -2.10. The molecule has 0 saturated heterocycles. The van der Waals surface area contributed by atoms with E-state index in [4.69, 9.17) is 0 Å². The van der Waals surface area contributed by atoms with Crippen LogP contribution in [0.15, 0.2) is 30.5 Å². The van der Waals surface area contributed by atoms with Gasteiger partial charge in [-0.1, -0.05) is 0 Å². The number of hydrogen-bond donors (Lipinski definition) is 1. The Morgan fingerprint density at radius 3 is 2.78 bits per heavy atom. The zero-order chi connectivity index (χ0) is 13.1. The smallest absolute Gasteiger partial charge is 0.269 e. The van der Waals surface area contributed by atoms with Gasteiger partial charge in [0.2, 0.25) is 0 Å². The second kappa shape index (κ2) is 4.87. The van der Waals surface area contributed by atoms with Gasteiger partial charge >= 0.3 is 0 Å². The van der Waals surface area contributed by atoms with Crippen LogP contribution in [-0.4, -0.2) is 21.8 Å². The minimum absolute atomic E-state index is 0.0915. The van der Waals surface area contributed by atoms with Crippen LogP contribution in [0.4, 0.5) is 11.4 Å². The third-order valence-electron chi connectivity index (χ3n) is 2.82. The lowest BCUT2D eigenvalue weighted by molar-refractivity contribution is -0.384. The predicted molar refractivity (Wildman–Crippen MR) is 68.7 cm³/mol. The highest BCUT2D eigenvalue weighted by molar-refractivity contribution is 5.55. The van der Waals surface area contributed by atoms with Crippen molar-refractivity contribution in [3.8, 4) is 0 Å². The molecule has 0 aliphatic heterocycles. The summed E-state index contributed by atoms with van der Waals surface area (Å²) in [5.74, 6) is 0. The molecule has 0 unspecified atom stereocenters. The van der Waals surface area contributed by atoms with Crippen molar-refractivity contribution in [2.24, 2.45) is 0 Å². The van der Waals surface area contributed by atoms with E-state index in [0.717, 1.165) is 16.9 Å². The molecule has 2 rings (SSSR count). The van der Waals surface area contributed by atoms with Crippen LogP contribution in [-0.2, 0) is 6.54 Å². The van der Waals surface area contributed by atoms with Gasteiger partial charge in [0.25, 0.3) is 5.69 Å². The molecule has 0 radical (unpaired) electrons. The van der Waals surface area contributed by atoms with Gasteiger partial charge in [-0.3, -0.25) is 14.8 Å². The number of benzene rings is 1. The highest BCUT2D eigenvalue weighted by atomic mass is 16.6. The topological polar surface area (TPSA) is 73.0 Å². The summed E-state index contributed by atoms with van der Waals surface area (Å²) >= 11 is 0. The van der Waals surface area contributed by atoms with E-state index in [2.05, 4.69) is 10.4 Å². The average Bonchev–Trinajstić information content (AvgIpc) is 2.75. The predicted octanol–water partition coefficient (Wildman–Crippen LogP) is 2.19. The molecule has 2 aromatic rings. The first-order valence-electron chi connectivity index (χ1n) is 5.55. The molecule has 1 N–H and O–H groups in total. The van der Waals surface area contributed by atoms with E-state index in [0.29, 0.717) is 6.54 Å². The summed E-state index contributed by atoms with van der Waals surface area (Å²) in [5, 5.41) is 18.0. The monoisotopic (exact) mass is 246 g/mol. The van der Waals surface area contributed by atoms with Crippen molar-refractivity contribution in [2.75, 3.05) is 12.4 Å². The van der Waals surface area contributed by atoms with Gasteiger partial charge in [-0.25, -0.2) is 0 Å². The fraction of sp³-hybridized carbons (Fsp3) is 0.250. The van der Waals surface area contributed by atoms with Crippen molar-refractivity contribution in [1.29, 1.82) is 0 Å². The molecule has 1 aromatic heterocycles. The SMILES string of the molecule is CNc1ccc([N+](=O)[O-])cc1Cn1nccc1C. The number of aryl methyl sites for hydroxylation is 1. The molecule has 6 heteroatoms. The standard InChI is InChI=1S/C12H14N4O2/c1-9-5-6-14-15(9)8-10-7-11(16(17)18)3-4-12(10)13-2/h3-7,13H,8H2,1-2H3. The lowest BCUT2D eigenvalue weighted by atomic mass is 10.1. The minimum Gasteiger partial charge on any atom is -0.388 e. The number of rotatable bonds is 4. The van der Waals surface area contributed by atoms with Crippen LogP contribution in [0, 0.1) is 17.0 Å². The van der Waals surface area contributed by atoms with Gasteiger partial charge in [0.1, 0.15) is 0 Å². The molecule has 0 atom stereocenters. The van der Waals surface area contributed by atoms with E-state index in [-0.39, 0.29) is 10.6 Å². The van der Waals surface area contributed by atoms with Crippen molar-refractivity contribution in [2.45, 2.75) is 13.5 Å². The Bertz CT molecular complexity index is 577. The number of nitro benzene ring substituents is 1. The van der Waals surface area contributed by atoms with E-state index in [1.54, 1.807) is 30.1 Å². The van der Waals surface area contributed by atoms with Crippen LogP contribution < -0.4 is 5.32 Å². The first-order valence-corrected chi connectivity index (χ1v) is 5.55. The molecular formula is C12H14N4O2. The summed E-state index contributed by atoms with van der Waals surface area (Å²) in [6, 6.07) is 6.68. The molecule has 94 valence electrons. The Kier molecular flexibility index (Phi) is 3.27. The van der Waals surface area contributed by atoms with Crippen LogP contribution in [0.25, 0.3) is 0 Å². The third-order valence-corrected chi connectivity index (χ3v) is 2.82. The van der Waals surface area contributed by atoms with Crippen molar-refractivity contribution in [3.05, 3.63) is 51.8 Å². The molecule has 0 spiro atoms. The van der Waals surface area contributed by atoms with Gasteiger partial charge < -0.3 is 5.32 Å². The summed E-state index contributed by atoms with van der Waals surface area (Å²) < 4.78 is 1.81. The molecule has 0 amide bonds. The minimum atomic E-state index is -0.390. The van der Waals surface area contributed by atoms with Gasteiger partial charge in [0.15, 0.2) is 0 Å². The van der Waals surface area contributed by atoms with E-state index in [1.165, 1.54) is 6.07 Å². The van der Waals surface area contributed by atoms with Gasteiger partial charge in [-0.2, -0.15) is 5.10 Å². The molecule has 0 bridgehead atoms. The molecular weight excluding hydrogens is 232 g/mol. The van der Waals surface area contributed by atoms with Crippen LogP contribution in [0.5, 0.6) is 0 Å². The Hall–Kier alpha value is -2.37. The van der Waals surface area contributed by atoms with Crippen LogP contribution in [0.1, 0.15) is 11.3 Å². The molecule has 0 aliphatic rings. The number of hydrogen-bond acceptors (Lipinski definition) is 4. The van der Waals surface area contributed by atoms with Crippen molar-refractivity contribution in [1.82, 2.24) is 9.78 Å². The Balaban J connectivity index is 2.38. The third kappa shape index (κ3) is 2.32. The maximum atomic E-state index is 10.8. The highest BCUT2D eigenvalue weighted by Gasteiger charge is 2.11. The summed E-state index contributed by atoms with van der Waals surface area (Å²) in [6.45, 7) is 2.46. The Morgan fingerprint density at radius 2 is 2.22 bits per heavy atom. The first kappa shape index (κ1) is 12.1. The summed E-state index contributed by atoms with van der Waals surface area (Å²) in [4.78, 5) is 10.4. The number of anilines is 1. The fourth-order valence-corrected chi connectivity index (χ4v) is 1.79. The van der Waals surface area contributed by atoms with E-state index in [1.807, 2.05) is 13.0 Å². The zero-order valence-corrected chi connectivity index (χ0v) is 10.3. The quantitative estimate of drug-likeness (QED) is 0.663. The van der Waals surface area contributed by atoms with Gasteiger partial charge in [0, 0.05) is 42.3 Å². The van der Waals surface area contributed by atoms with Crippen molar-refractivity contribution < 1.29 is 4.92 Å². The number of nitrogens with zero attached hydrogens (tertiary/aromatic N) is 3. The molecule has 0 saturated carbocycles. The van der Waals surface area contributed by atoms with E-state index in [9.17, 15) is 10.1 Å². The Labute approximate surface area is 104 Å². The summed E-state index contributed by atoms with van der Waals surface area (Å²) in [5.41, 5.74) is 2.83. The normalized spacial score (nSPS) is 10.3. The number of non-ortho nitro benzene ring substituents is 1. The zero-order valence-electron chi connectivity index (χ0n) is 10.3. The van der Waals surface area contributed by atoms with Crippen molar-refractivity contribution >= 4 is 11.4 Å². The molecule has 0 fully saturated rings. The second-order valence-electron chi connectivity index (χ2n) is 3.98. The van der Waals surface area contributed by atoms with Gasteiger partial charge in [-0.05, 0) is 19.1 Å². The first-order chi connectivity index (χ1) is 8.61. The molecule has 1 aromatic carbocycles. The number of aromatic nitrogens is 2. The molecule has 1 heterocycles. The summed E-state index contributed by atoms with van der Waals surface area (Å²) in [7, 11) is 1.79. The highest BCUT2D eigenvalue weighted by Crippen LogP contribution is 2.22. The fourth-order valence-electron chi connectivity index (χ4n) is 1.79. The molecule has 18 heavy (non-hydrogen) atoms. The molecule has 0 aliphatic carbocycles. The van der Waals surface area contributed by atoms with Crippen molar-refractivity contribution in [3.63, 3.8) is 0 Å². The van der Waals surface area contributed by atoms with E-state index < -0.39 is 0 Å². The largest absolute Gasteiger partial charge is 0.388 e. The lowest BCUT2D eigenvalue weighted by Crippen LogP contribution is -2.06. The maximum Gasteiger partial charge on any atom is 0.269 e. The number of nitro groups is 1. The molecule has 6 nitrogen and oxygen atoms in total. The van der Waals surface area contributed by atoms with Crippen LogP contribution in [0.2, 0.25) is 0 Å². The second-order valence-corrected chi connectivity index (χ2v) is 3.98. The Morgan fingerprint density at radius 1 is 1.44 bits per heavy atom. The average molecular weight is 246 g/mol. The van der Waals surface area contributed by atoms with Gasteiger partial charge in [0.05, 0.1) is 11.5 Å². The van der Waals surface area contributed by atoms with Crippen LogP contribution in [0.3, 0.4) is 0 Å². The van der Waals surface area contributed by atoms with E-state index >= 15 is 0 Å². The number of nitrogens with one attached hydrogen (secondary N) is 1. The van der Waals surface area contributed by atoms with Gasteiger partial charge in [-0.15, -0.1) is 0 Å². The maximum absolute atomic E-state index is 10.8. The summed E-state index contributed by atoms with van der Waals surface area (Å²) in [6.07, 6.45) is 1.71.